The fraction of sp³-hybridized carbons (Fsp3) is 0.316. The van der Waals surface area contributed by atoms with Crippen molar-refractivity contribution < 1.29 is 14.2 Å². The van der Waals surface area contributed by atoms with Crippen molar-refractivity contribution in [3.8, 4) is 17.2 Å². The second-order valence-electron chi connectivity index (χ2n) is 5.65. The first-order chi connectivity index (χ1) is 12.0. The molecule has 2 aromatic carbocycles. The minimum Gasteiger partial charge on any atom is -0.497 e. The van der Waals surface area contributed by atoms with Crippen LogP contribution in [0.25, 0.3) is 0 Å². The predicted octanol–water partition coefficient (Wildman–Crippen LogP) is 3.85. The molecule has 0 bridgehead atoms. The van der Waals surface area contributed by atoms with Crippen LogP contribution in [0.2, 0.25) is 0 Å². The van der Waals surface area contributed by atoms with E-state index in [-0.39, 0.29) is 0 Å². The molecule has 2 rings (SSSR count). The number of hydrogen-bond acceptors (Lipinski definition) is 4. The van der Waals surface area contributed by atoms with Gasteiger partial charge in [0.05, 0.1) is 21.3 Å². The molecule has 134 valence electrons. The van der Waals surface area contributed by atoms with E-state index < -0.39 is 0 Å². The predicted molar refractivity (Wildman–Crippen MR) is 105 cm³/mol. The number of nitrogens with one attached hydrogen (secondary N) is 1. The Labute approximate surface area is 154 Å². The van der Waals surface area contributed by atoms with Crippen LogP contribution in [0.1, 0.15) is 11.1 Å². The summed E-state index contributed by atoms with van der Waals surface area (Å²) < 4.78 is 16.0. The molecule has 0 fully saturated rings. The van der Waals surface area contributed by atoms with Gasteiger partial charge in [0.2, 0.25) is 0 Å². The molecule has 0 atom stereocenters. The van der Waals surface area contributed by atoms with Crippen molar-refractivity contribution in [3.63, 3.8) is 0 Å². The Bertz CT molecular complexity index is 749. The van der Waals surface area contributed by atoms with Crippen LogP contribution in [0.4, 0.5) is 5.69 Å². The third-order valence-electron chi connectivity index (χ3n) is 3.92. The lowest BCUT2D eigenvalue weighted by Crippen LogP contribution is -2.30. The SMILES string of the molecule is COc1cccc(NC(=S)N(C)Cc2cc(OC)c(OC)cc2C)c1. The van der Waals surface area contributed by atoms with E-state index in [0.29, 0.717) is 17.4 Å². The third-order valence-corrected chi connectivity index (χ3v) is 4.33. The van der Waals surface area contributed by atoms with Crippen molar-refractivity contribution in [3.05, 3.63) is 47.5 Å². The van der Waals surface area contributed by atoms with E-state index in [0.717, 1.165) is 28.3 Å². The molecule has 0 saturated heterocycles. The minimum atomic E-state index is 0.627. The van der Waals surface area contributed by atoms with Crippen molar-refractivity contribution in [2.24, 2.45) is 0 Å². The summed E-state index contributed by atoms with van der Waals surface area (Å²) in [5, 5.41) is 3.86. The molecule has 0 spiro atoms. The van der Waals surface area contributed by atoms with Crippen molar-refractivity contribution in [2.75, 3.05) is 33.7 Å². The molecule has 0 amide bonds. The summed E-state index contributed by atoms with van der Waals surface area (Å²) in [6, 6.07) is 11.6. The molecule has 0 saturated carbocycles. The lowest BCUT2D eigenvalue weighted by molar-refractivity contribution is 0.353. The Morgan fingerprint density at radius 1 is 1.04 bits per heavy atom. The normalized spacial score (nSPS) is 10.1. The molecule has 0 heterocycles. The van der Waals surface area contributed by atoms with E-state index in [1.54, 1.807) is 21.3 Å². The van der Waals surface area contributed by atoms with Gasteiger partial charge in [-0.05, 0) is 54.5 Å². The first-order valence-electron chi connectivity index (χ1n) is 7.86. The number of aryl methyl sites for hydroxylation is 1. The van der Waals surface area contributed by atoms with E-state index in [1.807, 2.05) is 55.3 Å². The zero-order valence-electron chi connectivity index (χ0n) is 15.3. The summed E-state index contributed by atoms with van der Waals surface area (Å²) >= 11 is 5.51. The molecule has 0 aliphatic heterocycles. The second kappa shape index (κ2) is 8.58. The van der Waals surface area contributed by atoms with Gasteiger partial charge in [-0.3, -0.25) is 0 Å². The molecule has 0 radical (unpaired) electrons. The highest BCUT2D eigenvalue weighted by molar-refractivity contribution is 7.80. The summed E-state index contributed by atoms with van der Waals surface area (Å²) in [5.74, 6) is 2.22. The molecule has 1 N–H and O–H groups in total. The topological polar surface area (TPSA) is 43.0 Å². The Kier molecular flexibility index (Phi) is 6.47. The molecule has 6 heteroatoms. The molecule has 0 unspecified atom stereocenters. The van der Waals surface area contributed by atoms with Gasteiger partial charge >= 0.3 is 0 Å². The molecule has 0 aromatic heterocycles. The fourth-order valence-corrected chi connectivity index (χ4v) is 2.62. The molecular weight excluding hydrogens is 336 g/mol. The van der Waals surface area contributed by atoms with E-state index >= 15 is 0 Å². The number of benzene rings is 2. The highest BCUT2D eigenvalue weighted by Gasteiger charge is 2.12. The first-order valence-corrected chi connectivity index (χ1v) is 8.27. The van der Waals surface area contributed by atoms with Crippen molar-refractivity contribution in [1.29, 1.82) is 0 Å². The largest absolute Gasteiger partial charge is 0.497 e. The number of anilines is 1. The van der Waals surface area contributed by atoms with Crippen LogP contribution in [-0.4, -0.2) is 38.4 Å². The lowest BCUT2D eigenvalue weighted by Gasteiger charge is -2.23. The van der Waals surface area contributed by atoms with Crippen LogP contribution in [0.15, 0.2) is 36.4 Å². The maximum Gasteiger partial charge on any atom is 0.173 e. The van der Waals surface area contributed by atoms with Gasteiger partial charge in [0.25, 0.3) is 0 Å². The highest BCUT2D eigenvalue weighted by Crippen LogP contribution is 2.30. The molecule has 2 aromatic rings. The van der Waals surface area contributed by atoms with Gasteiger partial charge in [-0.1, -0.05) is 6.07 Å². The highest BCUT2D eigenvalue weighted by atomic mass is 32.1. The van der Waals surface area contributed by atoms with Gasteiger partial charge in [0, 0.05) is 25.3 Å². The number of ether oxygens (including phenoxy) is 3. The quantitative estimate of drug-likeness (QED) is 0.790. The Morgan fingerprint density at radius 3 is 2.36 bits per heavy atom. The summed E-state index contributed by atoms with van der Waals surface area (Å²) in [5.41, 5.74) is 3.13. The Morgan fingerprint density at radius 2 is 1.72 bits per heavy atom. The van der Waals surface area contributed by atoms with Crippen LogP contribution >= 0.6 is 12.2 Å². The summed E-state index contributed by atoms with van der Waals surface area (Å²) in [6.07, 6.45) is 0. The zero-order chi connectivity index (χ0) is 18.4. The minimum absolute atomic E-state index is 0.627. The van der Waals surface area contributed by atoms with Crippen LogP contribution in [-0.2, 0) is 6.54 Å². The fourth-order valence-electron chi connectivity index (χ4n) is 2.44. The maximum atomic E-state index is 5.51. The number of rotatable bonds is 6. The number of thiocarbonyl (C=S) groups is 1. The Balaban J connectivity index is 2.10. The summed E-state index contributed by atoms with van der Waals surface area (Å²) in [6.45, 7) is 2.70. The zero-order valence-corrected chi connectivity index (χ0v) is 16.1. The molecule has 0 aliphatic rings. The van der Waals surface area contributed by atoms with Gasteiger partial charge in [0.1, 0.15) is 5.75 Å². The molecule has 25 heavy (non-hydrogen) atoms. The Hall–Kier alpha value is -2.47. The van der Waals surface area contributed by atoms with Crippen LogP contribution in [0, 0.1) is 6.92 Å². The van der Waals surface area contributed by atoms with Crippen LogP contribution < -0.4 is 19.5 Å². The average Bonchev–Trinajstić information content (AvgIpc) is 2.62. The first kappa shape index (κ1) is 18.9. The number of hydrogen-bond donors (Lipinski definition) is 1. The van der Waals surface area contributed by atoms with Crippen LogP contribution in [0.3, 0.4) is 0 Å². The van der Waals surface area contributed by atoms with E-state index in [1.165, 1.54) is 0 Å². The van der Waals surface area contributed by atoms with Crippen LogP contribution in [0.5, 0.6) is 17.2 Å². The molecular formula is C19H24N2O3S. The number of methoxy groups -OCH3 is 3. The maximum absolute atomic E-state index is 5.51. The molecule has 5 nitrogen and oxygen atoms in total. The van der Waals surface area contributed by atoms with E-state index in [2.05, 4.69) is 5.32 Å². The number of nitrogens with zero attached hydrogens (tertiary/aromatic N) is 1. The van der Waals surface area contributed by atoms with Gasteiger partial charge in [-0.2, -0.15) is 0 Å². The third kappa shape index (κ3) is 4.76. The monoisotopic (exact) mass is 360 g/mol. The van der Waals surface area contributed by atoms with E-state index in [4.69, 9.17) is 26.4 Å². The van der Waals surface area contributed by atoms with Crippen molar-refractivity contribution in [2.45, 2.75) is 13.5 Å². The molecule has 0 aliphatic carbocycles. The summed E-state index contributed by atoms with van der Waals surface area (Å²) in [4.78, 5) is 1.98. The van der Waals surface area contributed by atoms with E-state index in [9.17, 15) is 0 Å². The smallest absolute Gasteiger partial charge is 0.173 e. The van der Waals surface area contributed by atoms with Crippen molar-refractivity contribution in [1.82, 2.24) is 4.90 Å². The van der Waals surface area contributed by atoms with Crippen molar-refractivity contribution >= 4 is 23.0 Å². The van der Waals surface area contributed by atoms with Gasteiger partial charge in [-0.15, -0.1) is 0 Å². The van der Waals surface area contributed by atoms with Gasteiger partial charge in [0.15, 0.2) is 16.6 Å². The lowest BCUT2D eigenvalue weighted by atomic mass is 10.1. The van der Waals surface area contributed by atoms with Gasteiger partial charge < -0.3 is 24.4 Å². The second-order valence-corrected chi connectivity index (χ2v) is 6.04. The standard InChI is InChI=1S/C19H24N2O3S/c1-13-9-17(23-4)18(24-5)10-14(13)12-21(2)19(25)20-15-7-6-8-16(11-15)22-3/h6-11H,12H2,1-5H3,(H,20,25). The van der Waals surface area contributed by atoms with Gasteiger partial charge in [-0.25, -0.2) is 0 Å². The summed E-state index contributed by atoms with van der Waals surface area (Å²) in [7, 11) is 6.86. The average molecular weight is 360 g/mol.